The van der Waals surface area contributed by atoms with Gasteiger partial charge in [-0.15, -0.1) is 11.3 Å². The molecule has 0 radical (unpaired) electrons. The molecule has 0 bridgehead atoms. The molecule has 0 aromatic carbocycles. The summed E-state index contributed by atoms with van der Waals surface area (Å²) in [5, 5.41) is 1.13. The van der Waals surface area contributed by atoms with E-state index in [0.29, 0.717) is 5.92 Å². The second-order valence-electron chi connectivity index (χ2n) is 5.28. The Bertz CT molecular complexity index is 343. The molecule has 90 valence electrons. The molecule has 0 amide bonds. The van der Waals surface area contributed by atoms with Crippen LogP contribution in [0.15, 0.2) is 0 Å². The number of hydrogen-bond donors (Lipinski definition) is 1. The Morgan fingerprint density at radius 1 is 1.25 bits per heavy atom. The van der Waals surface area contributed by atoms with Crippen LogP contribution in [0.2, 0.25) is 0 Å². The number of hydrogen-bond acceptors (Lipinski definition) is 3. The zero-order valence-electron chi connectivity index (χ0n) is 10.5. The second-order valence-corrected chi connectivity index (χ2v) is 6.48. The highest BCUT2D eigenvalue weighted by atomic mass is 32.1. The van der Waals surface area contributed by atoms with Gasteiger partial charge in [0.1, 0.15) is 5.01 Å². The Morgan fingerprint density at radius 3 is 2.38 bits per heavy atom. The predicted octanol–water partition coefficient (Wildman–Crippen LogP) is 3.51. The lowest BCUT2D eigenvalue weighted by Gasteiger charge is -2.35. The normalized spacial score (nSPS) is 22.0. The van der Waals surface area contributed by atoms with Crippen molar-refractivity contribution in [3.63, 3.8) is 0 Å². The molecule has 0 aliphatic heterocycles. The van der Waals surface area contributed by atoms with Gasteiger partial charge >= 0.3 is 0 Å². The predicted molar refractivity (Wildman–Crippen MR) is 69.7 cm³/mol. The van der Waals surface area contributed by atoms with E-state index in [2.05, 4.69) is 25.8 Å². The minimum absolute atomic E-state index is 0.218. The summed E-state index contributed by atoms with van der Waals surface area (Å²) in [6.45, 7) is 6.38. The van der Waals surface area contributed by atoms with E-state index in [1.807, 2.05) is 0 Å². The number of rotatable bonds is 2. The van der Waals surface area contributed by atoms with E-state index in [0.717, 1.165) is 10.7 Å². The Hall–Kier alpha value is -0.410. The van der Waals surface area contributed by atoms with Crippen molar-refractivity contribution < 1.29 is 0 Å². The van der Waals surface area contributed by atoms with Crippen molar-refractivity contribution in [2.24, 2.45) is 11.7 Å². The minimum atomic E-state index is -0.218. The van der Waals surface area contributed by atoms with Crippen molar-refractivity contribution in [1.82, 2.24) is 4.98 Å². The van der Waals surface area contributed by atoms with Gasteiger partial charge in [-0.25, -0.2) is 4.98 Å². The third-order valence-electron chi connectivity index (χ3n) is 3.94. The van der Waals surface area contributed by atoms with Crippen LogP contribution in [-0.4, -0.2) is 4.98 Å². The van der Waals surface area contributed by atoms with Gasteiger partial charge in [0.15, 0.2) is 0 Å². The van der Waals surface area contributed by atoms with E-state index < -0.39 is 0 Å². The van der Waals surface area contributed by atoms with E-state index in [-0.39, 0.29) is 5.54 Å². The average molecular weight is 238 g/mol. The number of thiazole rings is 1. The molecule has 2 rings (SSSR count). The van der Waals surface area contributed by atoms with Crippen LogP contribution in [0.3, 0.4) is 0 Å². The lowest BCUT2D eigenvalue weighted by atomic mass is 9.76. The molecule has 2 nitrogen and oxygen atoms in total. The molecule has 16 heavy (non-hydrogen) atoms. The van der Waals surface area contributed by atoms with Crippen LogP contribution in [0.5, 0.6) is 0 Å². The molecule has 1 aliphatic carbocycles. The number of nitrogens with zero attached hydrogens (tertiary/aromatic N) is 1. The molecule has 1 saturated carbocycles. The third-order valence-corrected chi connectivity index (χ3v) is 5.27. The summed E-state index contributed by atoms with van der Waals surface area (Å²) in [6.07, 6.45) is 6.58. The van der Waals surface area contributed by atoms with Crippen LogP contribution in [-0.2, 0) is 5.54 Å². The van der Waals surface area contributed by atoms with Gasteiger partial charge in [-0.05, 0) is 39.5 Å². The lowest BCUT2D eigenvalue weighted by molar-refractivity contribution is 0.223. The molecule has 0 saturated heterocycles. The first-order valence-electron chi connectivity index (χ1n) is 6.25. The highest BCUT2D eigenvalue weighted by Crippen LogP contribution is 2.39. The van der Waals surface area contributed by atoms with E-state index >= 15 is 0 Å². The van der Waals surface area contributed by atoms with E-state index in [9.17, 15) is 0 Å². The van der Waals surface area contributed by atoms with Gasteiger partial charge in [0.05, 0.1) is 11.2 Å². The molecular weight excluding hydrogens is 216 g/mol. The van der Waals surface area contributed by atoms with Crippen molar-refractivity contribution in [1.29, 1.82) is 0 Å². The lowest BCUT2D eigenvalue weighted by Crippen LogP contribution is -2.42. The molecule has 3 heteroatoms. The van der Waals surface area contributed by atoms with Crippen LogP contribution < -0.4 is 5.73 Å². The summed E-state index contributed by atoms with van der Waals surface area (Å²) in [5.74, 6) is 0.617. The topological polar surface area (TPSA) is 38.9 Å². The molecule has 0 spiro atoms. The van der Waals surface area contributed by atoms with Gasteiger partial charge in [-0.1, -0.05) is 19.3 Å². The summed E-state index contributed by atoms with van der Waals surface area (Å²) < 4.78 is 0. The summed E-state index contributed by atoms with van der Waals surface area (Å²) >= 11 is 1.78. The number of nitrogens with two attached hydrogens (primary N) is 1. The zero-order chi connectivity index (χ0) is 11.8. The maximum absolute atomic E-state index is 6.54. The Balaban J connectivity index is 2.22. The van der Waals surface area contributed by atoms with Crippen LogP contribution in [0, 0.1) is 19.8 Å². The van der Waals surface area contributed by atoms with Crippen LogP contribution >= 0.6 is 11.3 Å². The quantitative estimate of drug-likeness (QED) is 0.856. The maximum atomic E-state index is 6.54. The summed E-state index contributed by atoms with van der Waals surface area (Å²) in [5.41, 5.74) is 7.47. The largest absolute Gasteiger partial charge is 0.319 e. The molecule has 2 N–H and O–H groups in total. The van der Waals surface area contributed by atoms with Crippen molar-refractivity contribution in [2.45, 2.75) is 58.4 Å². The fourth-order valence-electron chi connectivity index (χ4n) is 2.58. The maximum Gasteiger partial charge on any atom is 0.113 e. The van der Waals surface area contributed by atoms with Gasteiger partial charge in [-0.2, -0.15) is 0 Å². The standard InChI is InChI=1S/C13H22N2S/c1-9-10(2)16-12(15-9)13(3,14)11-7-5-4-6-8-11/h11H,4-8,14H2,1-3H3. The fraction of sp³-hybridized carbons (Fsp3) is 0.769. The van der Waals surface area contributed by atoms with Gasteiger partial charge < -0.3 is 5.73 Å². The first-order chi connectivity index (χ1) is 7.51. The molecule has 1 unspecified atom stereocenters. The van der Waals surface area contributed by atoms with Gasteiger partial charge in [0.2, 0.25) is 0 Å². The zero-order valence-corrected chi connectivity index (χ0v) is 11.4. The highest BCUT2D eigenvalue weighted by Gasteiger charge is 2.35. The molecular formula is C13H22N2S. The highest BCUT2D eigenvalue weighted by molar-refractivity contribution is 7.11. The van der Waals surface area contributed by atoms with Gasteiger partial charge in [0.25, 0.3) is 0 Å². The Kier molecular flexibility index (Phi) is 3.36. The monoisotopic (exact) mass is 238 g/mol. The first-order valence-corrected chi connectivity index (χ1v) is 7.07. The first kappa shape index (κ1) is 12.1. The van der Waals surface area contributed by atoms with Crippen LogP contribution in [0.1, 0.15) is 54.6 Å². The minimum Gasteiger partial charge on any atom is -0.319 e. The van der Waals surface area contributed by atoms with Crippen molar-refractivity contribution >= 4 is 11.3 Å². The van der Waals surface area contributed by atoms with E-state index in [4.69, 9.17) is 5.73 Å². The summed E-state index contributed by atoms with van der Waals surface area (Å²) in [7, 11) is 0. The molecule has 1 atom stereocenters. The Labute approximate surface area is 102 Å². The van der Waals surface area contributed by atoms with Gasteiger partial charge in [-0.3, -0.25) is 0 Å². The van der Waals surface area contributed by atoms with Crippen molar-refractivity contribution in [2.75, 3.05) is 0 Å². The third kappa shape index (κ3) is 2.16. The van der Waals surface area contributed by atoms with Crippen molar-refractivity contribution in [3.05, 3.63) is 15.6 Å². The average Bonchev–Trinajstić information content (AvgIpc) is 2.61. The SMILES string of the molecule is Cc1nc(C(C)(N)C2CCCCC2)sc1C. The Morgan fingerprint density at radius 2 is 1.88 bits per heavy atom. The second kappa shape index (κ2) is 4.46. The fourth-order valence-corrected chi connectivity index (χ4v) is 3.63. The molecule has 1 fully saturated rings. The molecule has 1 aromatic heterocycles. The van der Waals surface area contributed by atoms with Crippen LogP contribution in [0.4, 0.5) is 0 Å². The number of aryl methyl sites for hydroxylation is 2. The molecule has 1 aliphatic rings. The molecule has 1 heterocycles. The van der Waals surface area contributed by atoms with Crippen molar-refractivity contribution in [3.8, 4) is 0 Å². The van der Waals surface area contributed by atoms with E-state index in [1.165, 1.54) is 37.0 Å². The smallest absolute Gasteiger partial charge is 0.113 e. The van der Waals surface area contributed by atoms with E-state index in [1.54, 1.807) is 11.3 Å². The summed E-state index contributed by atoms with van der Waals surface area (Å²) in [6, 6.07) is 0. The summed E-state index contributed by atoms with van der Waals surface area (Å²) in [4.78, 5) is 5.96. The van der Waals surface area contributed by atoms with Gasteiger partial charge in [0, 0.05) is 4.88 Å². The molecule has 1 aromatic rings. The van der Waals surface area contributed by atoms with Crippen LogP contribution in [0.25, 0.3) is 0 Å². The number of aromatic nitrogens is 1.